The molecule has 2 saturated carbocycles. The standard InChI is InChI=1S/C16H31N/c1-5-14-10-16(11-14)8-6-15(7-9-16)17(4)12-13(2)3/h13-15H,5-12H2,1-4H3. The van der Waals surface area contributed by atoms with Gasteiger partial charge in [-0.25, -0.2) is 0 Å². The lowest BCUT2D eigenvalue weighted by Crippen LogP contribution is -2.45. The summed E-state index contributed by atoms with van der Waals surface area (Å²) in [6, 6.07) is 0.878. The molecule has 0 aromatic rings. The molecule has 0 saturated heterocycles. The van der Waals surface area contributed by atoms with Crippen LogP contribution in [-0.4, -0.2) is 24.5 Å². The Balaban J connectivity index is 1.75. The Hall–Kier alpha value is -0.0400. The number of nitrogens with zero attached hydrogens (tertiary/aromatic N) is 1. The summed E-state index contributed by atoms with van der Waals surface area (Å²) in [5.41, 5.74) is 0.801. The molecule has 1 heteroatoms. The third-order valence-corrected chi connectivity index (χ3v) is 5.31. The van der Waals surface area contributed by atoms with Crippen molar-refractivity contribution in [3.8, 4) is 0 Å². The minimum absolute atomic E-state index is 0.801. The molecule has 2 aliphatic carbocycles. The summed E-state index contributed by atoms with van der Waals surface area (Å²) < 4.78 is 0. The van der Waals surface area contributed by atoms with Gasteiger partial charge in [-0.15, -0.1) is 0 Å². The van der Waals surface area contributed by atoms with Crippen LogP contribution in [0.4, 0.5) is 0 Å². The monoisotopic (exact) mass is 237 g/mol. The second kappa shape index (κ2) is 5.30. The number of hydrogen-bond donors (Lipinski definition) is 0. The first-order valence-corrected chi connectivity index (χ1v) is 7.75. The Bertz CT molecular complexity index is 230. The van der Waals surface area contributed by atoms with Crippen molar-refractivity contribution >= 4 is 0 Å². The fourth-order valence-corrected chi connectivity index (χ4v) is 4.24. The normalized spacial score (nSPS) is 37.8. The molecule has 0 atom stereocenters. The van der Waals surface area contributed by atoms with Crippen LogP contribution in [0, 0.1) is 17.3 Å². The molecule has 0 N–H and O–H groups in total. The third kappa shape index (κ3) is 3.05. The maximum Gasteiger partial charge on any atom is 0.00927 e. The highest BCUT2D eigenvalue weighted by atomic mass is 15.1. The van der Waals surface area contributed by atoms with E-state index >= 15 is 0 Å². The van der Waals surface area contributed by atoms with E-state index in [1.807, 2.05) is 0 Å². The SMILES string of the molecule is CCC1CC2(CCC(N(C)CC(C)C)CC2)C1. The van der Waals surface area contributed by atoms with Gasteiger partial charge in [0.05, 0.1) is 0 Å². The van der Waals surface area contributed by atoms with Crippen molar-refractivity contribution in [2.75, 3.05) is 13.6 Å². The fourth-order valence-electron chi connectivity index (χ4n) is 4.24. The van der Waals surface area contributed by atoms with Gasteiger partial charge in [-0.3, -0.25) is 0 Å². The third-order valence-electron chi connectivity index (χ3n) is 5.31. The molecule has 2 fully saturated rings. The highest BCUT2D eigenvalue weighted by Gasteiger charge is 2.45. The minimum Gasteiger partial charge on any atom is -0.303 e. The van der Waals surface area contributed by atoms with Gasteiger partial charge in [-0.1, -0.05) is 27.2 Å². The van der Waals surface area contributed by atoms with Gasteiger partial charge >= 0.3 is 0 Å². The van der Waals surface area contributed by atoms with Gasteiger partial charge in [0.25, 0.3) is 0 Å². The van der Waals surface area contributed by atoms with Crippen molar-refractivity contribution in [2.24, 2.45) is 17.3 Å². The summed E-state index contributed by atoms with van der Waals surface area (Å²) in [6.45, 7) is 8.30. The van der Waals surface area contributed by atoms with Crippen molar-refractivity contribution in [3.05, 3.63) is 0 Å². The molecule has 1 nitrogen and oxygen atoms in total. The Morgan fingerprint density at radius 2 is 1.76 bits per heavy atom. The van der Waals surface area contributed by atoms with Crippen LogP contribution in [0.25, 0.3) is 0 Å². The Morgan fingerprint density at radius 3 is 2.24 bits per heavy atom. The van der Waals surface area contributed by atoms with E-state index in [2.05, 4.69) is 32.7 Å². The van der Waals surface area contributed by atoms with Gasteiger partial charge in [-0.05, 0) is 62.8 Å². The van der Waals surface area contributed by atoms with Crippen molar-refractivity contribution in [1.82, 2.24) is 4.90 Å². The average molecular weight is 237 g/mol. The molecule has 0 unspecified atom stereocenters. The van der Waals surface area contributed by atoms with Gasteiger partial charge in [0.2, 0.25) is 0 Å². The summed E-state index contributed by atoms with van der Waals surface area (Å²) in [7, 11) is 2.33. The van der Waals surface area contributed by atoms with Crippen LogP contribution in [0.3, 0.4) is 0 Å². The summed E-state index contributed by atoms with van der Waals surface area (Å²) >= 11 is 0. The van der Waals surface area contributed by atoms with Gasteiger partial charge in [0, 0.05) is 12.6 Å². The molecule has 0 radical (unpaired) electrons. The molecular formula is C16H31N. The minimum atomic E-state index is 0.801. The largest absolute Gasteiger partial charge is 0.303 e. The summed E-state index contributed by atoms with van der Waals surface area (Å²) in [4.78, 5) is 2.62. The van der Waals surface area contributed by atoms with Gasteiger partial charge in [0.1, 0.15) is 0 Å². The van der Waals surface area contributed by atoms with E-state index < -0.39 is 0 Å². The van der Waals surface area contributed by atoms with E-state index in [1.165, 1.54) is 38.6 Å². The first-order chi connectivity index (χ1) is 8.04. The highest BCUT2D eigenvalue weighted by Crippen LogP contribution is 2.56. The molecule has 0 amide bonds. The first kappa shape index (κ1) is 13.4. The molecule has 2 aliphatic rings. The zero-order chi connectivity index (χ0) is 12.5. The molecule has 0 aromatic carbocycles. The molecule has 17 heavy (non-hydrogen) atoms. The highest BCUT2D eigenvalue weighted by molar-refractivity contribution is 4.97. The first-order valence-electron chi connectivity index (χ1n) is 7.75. The molecule has 1 spiro atoms. The van der Waals surface area contributed by atoms with E-state index in [0.717, 1.165) is 23.3 Å². The number of rotatable bonds is 4. The lowest BCUT2D eigenvalue weighted by molar-refractivity contribution is -0.0112. The van der Waals surface area contributed by atoms with Crippen molar-refractivity contribution in [2.45, 2.75) is 71.8 Å². The Kier molecular flexibility index (Phi) is 4.18. The van der Waals surface area contributed by atoms with Gasteiger partial charge < -0.3 is 4.90 Å². The van der Waals surface area contributed by atoms with Crippen LogP contribution in [0.5, 0.6) is 0 Å². The van der Waals surface area contributed by atoms with Crippen LogP contribution < -0.4 is 0 Å². The van der Waals surface area contributed by atoms with E-state index in [4.69, 9.17) is 0 Å². The maximum absolute atomic E-state index is 2.62. The predicted octanol–water partition coefficient (Wildman–Crippen LogP) is 4.32. The zero-order valence-electron chi connectivity index (χ0n) is 12.3. The van der Waals surface area contributed by atoms with Gasteiger partial charge in [0.15, 0.2) is 0 Å². The van der Waals surface area contributed by atoms with Crippen LogP contribution in [0.2, 0.25) is 0 Å². The van der Waals surface area contributed by atoms with E-state index in [9.17, 15) is 0 Å². The quantitative estimate of drug-likeness (QED) is 0.703. The second-order valence-corrected chi connectivity index (χ2v) is 7.25. The second-order valence-electron chi connectivity index (χ2n) is 7.25. The smallest absolute Gasteiger partial charge is 0.00927 e. The summed E-state index contributed by atoms with van der Waals surface area (Å²) in [5, 5.41) is 0. The lowest BCUT2D eigenvalue weighted by Gasteiger charge is -2.52. The Morgan fingerprint density at radius 1 is 1.18 bits per heavy atom. The van der Waals surface area contributed by atoms with Crippen molar-refractivity contribution < 1.29 is 0 Å². The molecule has 100 valence electrons. The van der Waals surface area contributed by atoms with Crippen LogP contribution >= 0.6 is 0 Å². The van der Waals surface area contributed by atoms with Crippen molar-refractivity contribution in [1.29, 1.82) is 0 Å². The van der Waals surface area contributed by atoms with Crippen LogP contribution in [0.1, 0.15) is 65.7 Å². The predicted molar refractivity (Wildman–Crippen MR) is 75.2 cm³/mol. The van der Waals surface area contributed by atoms with E-state index in [0.29, 0.717) is 0 Å². The van der Waals surface area contributed by atoms with Crippen LogP contribution in [0.15, 0.2) is 0 Å². The molecule has 2 rings (SSSR count). The maximum atomic E-state index is 2.62. The molecule has 0 bridgehead atoms. The average Bonchev–Trinajstić information content (AvgIpc) is 2.25. The van der Waals surface area contributed by atoms with Crippen LogP contribution in [-0.2, 0) is 0 Å². The lowest BCUT2D eigenvalue weighted by atomic mass is 9.54. The fraction of sp³-hybridized carbons (Fsp3) is 1.00. The Labute approximate surface area is 108 Å². The molecule has 0 heterocycles. The summed E-state index contributed by atoms with van der Waals surface area (Å²) in [5.74, 6) is 1.88. The van der Waals surface area contributed by atoms with E-state index in [1.54, 1.807) is 12.8 Å². The van der Waals surface area contributed by atoms with E-state index in [-0.39, 0.29) is 0 Å². The zero-order valence-corrected chi connectivity index (χ0v) is 12.3. The van der Waals surface area contributed by atoms with Gasteiger partial charge in [-0.2, -0.15) is 0 Å². The number of hydrogen-bond acceptors (Lipinski definition) is 1. The molecule has 0 aromatic heterocycles. The summed E-state index contributed by atoms with van der Waals surface area (Å²) in [6.07, 6.45) is 10.4. The molecular weight excluding hydrogens is 206 g/mol. The topological polar surface area (TPSA) is 3.24 Å². The molecule has 0 aliphatic heterocycles. The van der Waals surface area contributed by atoms with Crippen molar-refractivity contribution in [3.63, 3.8) is 0 Å².